The van der Waals surface area contributed by atoms with E-state index in [1.54, 1.807) is 11.1 Å². The van der Waals surface area contributed by atoms with Crippen LogP contribution < -0.4 is 16.0 Å². The lowest BCUT2D eigenvalue weighted by Gasteiger charge is -2.36. The molecule has 0 spiro atoms. The highest BCUT2D eigenvalue weighted by Crippen LogP contribution is 2.37. The van der Waals surface area contributed by atoms with Crippen LogP contribution in [0.1, 0.15) is 70.6 Å². The van der Waals surface area contributed by atoms with Crippen LogP contribution in [0.3, 0.4) is 0 Å². The SMILES string of the molecule is Cn1ncc(-c2nc(NC3CCC(N(CC(=O)NCCOCCOCCOCCNCC(=O)OC(C)(C)C)C(=O)OCc4ccccc4)CC3)ncc2Cl)c1CC1CC1. The normalized spacial score (nSPS) is 16.7. The number of aromatic nitrogens is 4. The van der Waals surface area contributed by atoms with Crippen LogP contribution in [0.2, 0.25) is 5.02 Å². The van der Waals surface area contributed by atoms with Crippen molar-refractivity contribution in [3.05, 3.63) is 59.0 Å². The molecule has 2 saturated carbocycles. The predicted octanol–water partition coefficient (Wildman–Crippen LogP) is 4.94. The van der Waals surface area contributed by atoms with E-state index in [0.717, 1.165) is 36.1 Å². The number of benzene rings is 1. The summed E-state index contributed by atoms with van der Waals surface area (Å²) in [5.74, 6) is 0.582. The fraction of sp³-hybridized carbons (Fsp3) is 0.619. The van der Waals surface area contributed by atoms with Gasteiger partial charge in [0.15, 0.2) is 0 Å². The molecule has 3 N–H and O–H groups in total. The van der Waals surface area contributed by atoms with Gasteiger partial charge in [-0.2, -0.15) is 5.10 Å². The molecule has 5 rings (SSSR count). The molecule has 2 aliphatic carbocycles. The molecule has 2 amide bonds. The molecule has 59 heavy (non-hydrogen) atoms. The third-order valence-corrected chi connectivity index (χ3v) is 10.2. The van der Waals surface area contributed by atoms with Gasteiger partial charge in [0, 0.05) is 43.5 Å². The number of nitrogens with zero attached hydrogens (tertiary/aromatic N) is 5. The van der Waals surface area contributed by atoms with E-state index < -0.39 is 11.7 Å². The van der Waals surface area contributed by atoms with Crippen LogP contribution in [-0.2, 0) is 53.3 Å². The summed E-state index contributed by atoms with van der Waals surface area (Å²) in [6, 6.07) is 9.36. The van der Waals surface area contributed by atoms with Gasteiger partial charge in [-0.15, -0.1) is 0 Å². The molecule has 2 aromatic heterocycles. The lowest BCUT2D eigenvalue weighted by molar-refractivity contribution is -0.153. The van der Waals surface area contributed by atoms with Crippen molar-refractivity contribution < 1.29 is 38.1 Å². The average molecular weight is 841 g/mol. The highest BCUT2D eigenvalue weighted by molar-refractivity contribution is 6.33. The van der Waals surface area contributed by atoms with E-state index in [4.69, 9.17) is 40.3 Å². The summed E-state index contributed by atoms with van der Waals surface area (Å²) >= 11 is 6.61. The van der Waals surface area contributed by atoms with Crippen molar-refractivity contribution in [2.24, 2.45) is 13.0 Å². The Hall–Kier alpha value is -4.35. The third kappa shape index (κ3) is 16.3. The van der Waals surface area contributed by atoms with Crippen molar-refractivity contribution in [2.75, 3.05) is 71.1 Å². The zero-order valence-electron chi connectivity index (χ0n) is 34.9. The lowest BCUT2D eigenvalue weighted by Crippen LogP contribution is -2.49. The molecule has 2 fully saturated rings. The van der Waals surface area contributed by atoms with Gasteiger partial charge in [-0.3, -0.25) is 19.2 Å². The first-order chi connectivity index (χ1) is 28.4. The maximum Gasteiger partial charge on any atom is 0.410 e. The second-order valence-corrected chi connectivity index (χ2v) is 16.3. The molecule has 0 bridgehead atoms. The number of hydrogen-bond acceptors (Lipinski definition) is 13. The summed E-state index contributed by atoms with van der Waals surface area (Å²) in [4.78, 5) is 49.1. The third-order valence-electron chi connectivity index (χ3n) is 9.89. The van der Waals surface area contributed by atoms with Gasteiger partial charge in [0.1, 0.15) is 18.8 Å². The number of nitrogens with one attached hydrogen (secondary N) is 3. The molecule has 3 aromatic rings. The zero-order valence-corrected chi connectivity index (χ0v) is 35.6. The van der Waals surface area contributed by atoms with Gasteiger partial charge in [0.2, 0.25) is 11.9 Å². The van der Waals surface area contributed by atoms with E-state index in [-0.39, 0.29) is 50.2 Å². The van der Waals surface area contributed by atoms with Crippen LogP contribution in [0.25, 0.3) is 11.3 Å². The Labute approximate surface area is 352 Å². The molecule has 16 nitrogen and oxygen atoms in total. The number of aryl methyl sites for hydroxylation is 1. The summed E-state index contributed by atoms with van der Waals surface area (Å²) in [5.41, 5.74) is 3.08. The fourth-order valence-corrected chi connectivity index (χ4v) is 6.90. The van der Waals surface area contributed by atoms with Crippen LogP contribution in [0, 0.1) is 5.92 Å². The van der Waals surface area contributed by atoms with Crippen LogP contribution in [0.15, 0.2) is 42.7 Å². The number of carbonyl (C=O) groups is 3. The van der Waals surface area contributed by atoms with E-state index in [1.807, 2.05) is 69.0 Å². The highest BCUT2D eigenvalue weighted by atomic mass is 35.5. The molecule has 1 aromatic carbocycles. The molecule has 0 unspecified atom stereocenters. The summed E-state index contributed by atoms with van der Waals surface area (Å²) in [6.07, 6.45) is 9.15. The first kappa shape index (κ1) is 45.7. The second kappa shape index (κ2) is 23.4. The Kier molecular flexibility index (Phi) is 18.2. The summed E-state index contributed by atoms with van der Waals surface area (Å²) in [5, 5.41) is 14.3. The van der Waals surface area contributed by atoms with E-state index in [0.29, 0.717) is 81.6 Å². The van der Waals surface area contributed by atoms with E-state index in [1.165, 1.54) is 12.8 Å². The van der Waals surface area contributed by atoms with Gasteiger partial charge >= 0.3 is 12.1 Å². The molecule has 0 radical (unpaired) electrons. The Bertz CT molecular complexity index is 1760. The molecular formula is C42H61ClN8O8. The number of rotatable bonds is 24. The maximum atomic E-state index is 13.5. The summed E-state index contributed by atoms with van der Waals surface area (Å²) in [6.45, 7) is 8.70. The molecular weight excluding hydrogens is 780 g/mol. The predicted molar refractivity (Wildman–Crippen MR) is 223 cm³/mol. The van der Waals surface area contributed by atoms with Crippen LogP contribution in [0.4, 0.5) is 10.7 Å². The number of anilines is 1. The summed E-state index contributed by atoms with van der Waals surface area (Å²) in [7, 11) is 1.95. The molecule has 2 heterocycles. The van der Waals surface area contributed by atoms with Crippen molar-refractivity contribution in [2.45, 2.75) is 90.0 Å². The Morgan fingerprint density at radius 2 is 1.58 bits per heavy atom. The van der Waals surface area contributed by atoms with Crippen LogP contribution >= 0.6 is 11.6 Å². The number of ether oxygens (including phenoxy) is 5. The monoisotopic (exact) mass is 840 g/mol. The molecule has 0 atom stereocenters. The van der Waals surface area contributed by atoms with Crippen LogP contribution in [-0.4, -0.2) is 126 Å². The second-order valence-electron chi connectivity index (χ2n) is 15.9. The molecule has 17 heteroatoms. The fourth-order valence-electron chi connectivity index (χ4n) is 6.71. The van der Waals surface area contributed by atoms with Crippen molar-refractivity contribution in [3.63, 3.8) is 0 Å². The van der Waals surface area contributed by atoms with Gasteiger partial charge in [-0.1, -0.05) is 41.9 Å². The van der Waals surface area contributed by atoms with E-state index in [9.17, 15) is 14.4 Å². The van der Waals surface area contributed by atoms with Gasteiger partial charge < -0.3 is 39.6 Å². The van der Waals surface area contributed by atoms with Gasteiger partial charge in [-0.25, -0.2) is 14.8 Å². The summed E-state index contributed by atoms with van der Waals surface area (Å²) < 4.78 is 29.5. The topological polar surface area (TPSA) is 180 Å². The standard InChI is InChI=1S/C42H61ClN8O8/c1-42(2,3)59-38(53)27-44-16-18-55-20-22-57-23-21-56-19-17-45-37(52)28-51(41(54)58-29-31-8-6-5-7-9-31)33-14-12-32(13-15-33)48-40-46-26-35(43)39(49-40)34-25-47-50(4)36(34)24-30-10-11-30/h5-9,25-26,30,32-33,44H,10-24,27-29H2,1-4H3,(H,45,52)(H,46,48,49). The zero-order chi connectivity index (χ0) is 42.0. The van der Waals surface area contributed by atoms with Crippen molar-refractivity contribution in [1.29, 1.82) is 0 Å². The molecule has 324 valence electrons. The largest absolute Gasteiger partial charge is 0.459 e. The first-order valence-corrected chi connectivity index (χ1v) is 21.0. The number of esters is 1. The smallest absolute Gasteiger partial charge is 0.410 e. The van der Waals surface area contributed by atoms with E-state index >= 15 is 0 Å². The molecule has 0 aliphatic heterocycles. The number of amides is 2. The van der Waals surface area contributed by atoms with Crippen LogP contribution in [0.5, 0.6) is 0 Å². The number of carbonyl (C=O) groups excluding carboxylic acids is 3. The van der Waals surface area contributed by atoms with E-state index in [2.05, 4.69) is 26.0 Å². The number of hydrogen-bond donors (Lipinski definition) is 3. The molecule has 0 saturated heterocycles. The average Bonchev–Trinajstić information content (AvgIpc) is 3.97. The first-order valence-electron chi connectivity index (χ1n) is 20.6. The minimum atomic E-state index is -0.529. The Morgan fingerprint density at radius 3 is 2.25 bits per heavy atom. The van der Waals surface area contributed by atoms with Crippen molar-refractivity contribution in [1.82, 2.24) is 35.3 Å². The molecule has 2 aliphatic rings. The minimum absolute atomic E-state index is 0.0734. The number of halogens is 1. The quantitative estimate of drug-likeness (QED) is 0.0817. The van der Waals surface area contributed by atoms with Crippen molar-refractivity contribution in [3.8, 4) is 11.3 Å². The maximum absolute atomic E-state index is 13.5. The van der Waals surface area contributed by atoms with Gasteiger partial charge in [0.05, 0.1) is 69.3 Å². The van der Waals surface area contributed by atoms with Gasteiger partial charge in [-0.05, 0) is 77.2 Å². The highest BCUT2D eigenvalue weighted by Gasteiger charge is 2.32. The Balaban J connectivity index is 1.01. The lowest BCUT2D eigenvalue weighted by atomic mass is 9.90. The Morgan fingerprint density at radius 1 is 0.898 bits per heavy atom. The minimum Gasteiger partial charge on any atom is -0.459 e. The van der Waals surface area contributed by atoms with Gasteiger partial charge in [0.25, 0.3) is 0 Å². The van der Waals surface area contributed by atoms with Crippen molar-refractivity contribution >= 4 is 35.5 Å².